The van der Waals surface area contributed by atoms with E-state index in [4.69, 9.17) is 4.42 Å². The Bertz CT molecular complexity index is 3080. The van der Waals surface area contributed by atoms with Crippen molar-refractivity contribution in [1.29, 1.82) is 0 Å². The highest BCUT2D eigenvalue weighted by Crippen LogP contribution is 2.59. The lowest BCUT2D eigenvalue weighted by Gasteiger charge is -2.53. The third-order valence-electron chi connectivity index (χ3n) is 20.1. The molecule has 0 N–H and O–H groups in total. The quantitative estimate of drug-likeness (QED) is 0.191. The highest BCUT2D eigenvalue weighted by Gasteiger charge is 2.57. The predicted molar refractivity (Wildman–Crippen MR) is 309 cm³/mol. The molecule has 380 valence electrons. The van der Waals surface area contributed by atoms with Gasteiger partial charge in [0.15, 0.2) is 0 Å². The molecule has 3 heterocycles. The molecule has 0 amide bonds. The Morgan fingerprint density at radius 2 is 1.14 bits per heavy atom. The lowest BCUT2D eigenvalue weighted by atomic mass is 9.32. The van der Waals surface area contributed by atoms with Crippen molar-refractivity contribution in [1.82, 2.24) is 0 Å². The van der Waals surface area contributed by atoms with Crippen LogP contribution in [0, 0.1) is 5.41 Å². The van der Waals surface area contributed by atoms with Gasteiger partial charge in [-0.1, -0.05) is 184 Å². The summed E-state index contributed by atoms with van der Waals surface area (Å²) in [4.78, 5) is 5.72. The molecule has 4 heteroatoms. The summed E-state index contributed by atoms with van der Waals surface area (Å²) in [6.07, 6.45) is 14.2. The molecule has 0 spiro atoms. The van der Waals surface area contributed by atoms with Crippen molar-refractivity contribution in [2.24, 2.45) is 5.41 Å². The molecule has 0 saturated heterocycles. The summed E-state index contributed by atoms with van der Waals surface area (Å²) in [5.41, 5.74) is 26.0. The monoisotopic (exact) mass is 961 g/mol. The first-order valence-electron chi connectivity index (χ1n) is 28.3. The second-order valence-electron chi connectivity index (χ2n) is 30.3. The molecule has 0 saturated carbocycles. The summed E-state index contributed by atoms with van der Waals surface area (Å²) in [7, 11) is 0. The van der Waals surface area contributed by atoms with Crippen molar-refractivity contribution >= 4 is 34.9 Å². The van der Waals surface area contributed by atoms with Crippen LogP contribution in [0.15, 0.2) is 105 Å². The molecule has 1 aromatic heterocycles. The van der Waals surface area contributed by atoms with E-state index in [1.54, 1.807) is 16.7 Å². The summed E-state index contributed by atoms with van der Waals surface area (Å²) < 4.78 is 7.86. The molecule has 0 radical (unpaired) electrons. The second kappa shape index (κ2) is 15.6. The zero-order valence-electron chi connectivity index (χ0n) is 48.5. The highest BCUT2D eigenvalue weighted by atomic mass is 16.3. The van der Waals surface area contributed by atoms with Crippen LogP contribution in [0.5, 0.6) is 0 Å². The third kappa shape index (κ3) is 7.37. The van der Waals surface area contributed by atoms with Gasteiger partial charge in [0.05, 0.1) is 17.4 Å². The van der Waals surface area contributed by atoms with Gasteiger partial charge >= 0.3 is 0 Å². The number of hydrogen-bond donors (Lipinski definition) is 0. The van der Waals surface area contributed by atoms with Gasteiger partial charge in [0.25, 0.3) is 6.71 Å². The first-order valence-corrected chi connectivity index (χ1v) is 28.3. The van der Waals surface area contributed by atoms with Gasteiger partial charge in [0, 0.05) is 39.7 Å². The van der Waals surface area contributed by atoms with E-state index in [1.807, 2.05) is 0 Å². The van der Waals surface area contributed by atoms with Crippen molar-refractivity contribution in [3.05, 3.63) is 145 Å². The van der Waals surface area contributed by atoms with Crippen LogP contribution in [0.4, 0.5) is 17.1 Å². The van der Waals surface area contributed by atoms with Gasteiger partial charge in [0.2, 0.25) is 0 Å². The van der Waals surface area contributed by atoms with Crippen LogP contribution < -0.4 is 20.9 Å². The molecule has 5 aliphatic carbocycles. The van der Waals surface area contributed by atoms with Crippen molar-refractivity contribution < 1.29 is 4.42 Å². The molecule has 3 aromatic carbocycles. The molecule has 72 heavy (non-hydrogen) atoms. The molecular weight excluding hydrogens is 872 g/mol. The molecule has 2 atom stereocenters. The summed E-state index contributed by atoms with van der Waals surface area (Å²) in [5, 5.41) is 0. The molecule has 3 nitrogen and oxygen atoms in total. The summed E-state index contributed by atoms with van der Waals surface area (Å²) >= 11 is 0. The molecular formula is C68H89BN2O. The van der Waals surface area contributed by atoms with Crippen LogP contribution in [0.3, 0.4) is 0 Å². The Balaban J connectivity index is 1.27. The maximum Gasteiger partial charge on any atom is 0.292 e. The predicted octanol–water partition coefficient (Wildman–Crippen LogP) is 17.2. The van der Waals surface area contributed by atoms with Crippen LogP contribution in [0.25, 0.3) is 0 Å². The van der Waals surface area contributed by atoms with E-state index in [0.29, 0.717) is 0 Å². The van der Waals surface area contributed by atoms with Crippen LogP contribution in [0.1, 0.15) is 240 Å². The zero-order valence-corrected chi connectivity index (χ0v) is 48.5. The molecule has 0 bridgehead atoms. The average Bonchev–Trinajstić information content (AvgIpc) is 3.70. The van der Waals surface area contributed by atoms with Gasteiger partial charge < -0.3 is 14.2 Å². The number of fused-ring (bicyclic) bond motifs is 9. The Labute approximate surface area is 437 Å². The second-order valence-corrected chi connectivity index (χ2v) is 30.3. The summed E-state index contributed by atoms with van der Waals surface area (Å²) in [6, 6.07) is 22.8. The minimum Gasteiger partial charge on any atom is -0.472 e. The number of furan rings is 1. The molecule has 2 unspecified atom stereocenters. The molecule has 0 fully saturated rings. The van der Waals surface area contributed by atoms with Crippen LogP contribution >= 0.6 is 0 Å². The number of rotatable bonds is 3. The molecule has 4 aromatic rings. The normalized spacial score (nSPS) is 25.1. The minimum atomic E-state index is -0.0844. The Morgan fingerprint density at radius 1 is 0.569 bits per heavy atom. The lowest BCUT2D eigenvalue weighted by Crippen LogP contribution is -2.62. The van der Waals surface area contributed by atoms with Crippen molar-refractivity contribution in [2.45, 2.75) is 240 Å². The third-order valence-corrected chi connectivity index (χ3v) is 20.1. The van der Waals surface area contributed by atoms with E-state index in [9.17, 15) is 0 Å². The van der Waals surface area contributed by atoms with Gasteiger partial charge in [-0.25, -0.2) is 0 Å². The summed E-state index contributed by atoms with van der Waals surface area (Å²) in [5.74, 6) is 1.37. The van der Waals surface area contributed by atoms with E-state index in [-0.39, 0.29) is 62.0 Å². The molecule has 11 rings (SSSR count). The Kier molecular flexibility index (Phi) is 10.8. The van der Waals surface area contributed by atoms with Gasteiger partial charge in [-0.3, -0.25) is 0 Å². The standard InChI is InChI=1S/C68H89BN2O/c1-40-35-51-55-52(36-40)71(56-41(2)37-44(62(6,7)8)39-46(56)42-21-26-47-49(38-42)65(13,14)30-29-63(47,9)10)57-50(28-27-48-53(57)66(15,16)32-31-64(48,11)12)69(55)60-58(54-59(72-60)68(19,20)34-33-67(54,17)18)70(51)45-24-22-43(23-25-45)61(3,4)5/h21-28,36-38,46,51H,29-35,39H2,1-20H3. The van der Waals surface area contributed by atoms with Crippen LogP contribution in [-0.4, -0.2) is 12.8 Å². The Morgan fingerprint density at radius 3 is 1.76 bits per heavy atom. The van der Waals surface area contributed by atoms with Crippen LogP contribution in [0.2, 0.25) is 0 Å². The van der Waals surface area contributed by atoms with Gasteiger partial charge in [-0.15, -0.1) is 0 Å². The van der Waals surface area contributed by atoms with Crippen molar-refractivity contribution in [3.8, 4) is 0 Å². The largest absolute Gasteiger partial charge is 0.472 e. The van der Waals surface area contributed by atoms with Crippen molar-refractivity contribution in [2.75, 3.05) is 9.80 Å². The average molecular weight is 961 g/mol. The van der Waals surface area contributed by atoms with Crippen molar-refractivity contribution in [3.63, 3.8) is 0 Å². The highest BCUT2D eigenvalue weighted by molar-refractivity contribution is 6.93. The number of anilines is 3. The van der Waals surface area contributed by atoms with E-state index < -0.39 is 0 Å². The maximum atomic E-state index is 7.86. The fourth-order valence-corrected chi connectivity index (χ4v) is 15.1. The fourth-order valence-electron chi connectivity index (χ4n) is 15.1. The zero-order chi connectivity index (χ0) is 52.0. The summed E-state index contributed by atoms with van der Waals surface area (Å²) in [6.45, 7) is 49.2. The smallest absolute Gasteiger partial charge is 0.292 e. The van der Waals surface area contributed by atoms with Gasteiger partial charge in [-0.2, -0.15) is 0 Å². The number of nitrogens with zero attached hydrogens (tertiary/aromatic N) is 2. The van der Waals surface area contributed by atoms with E-state index in [1.165, 1.54) is 103 Å². The number of allylic oxidation sites excluding steroid dienone is 5. The minimum absolute atomic E-state index is 0.0144. The first-order chi connectivity index (χ1) is 33.3. The SMILES string of the molecule is CC1=CC2=C3B(c4ccc5c(c4N2C2=C(C)C=C(C(C)(C)C)CC2c2ccc4c(c2)C(C)(C)CCC4(C)C)C(C)(C)CCC5(C)C)c2oc4c(c2N(c2ccc(C(C)(C)C)cc2)C3C1)C(C)(C)CCC4(C)C. The lowest BCUT2D eigenvalue weighted by molar-refractivity contribution is 0.282. The van der Waals surface area contributed by atoms with E-state index in [2.05, 4.69) is 215 Å². The van der Waals surface area contributed by atoms with E-state index in [0.717, 1.165) is 37.8 Å². The fraction of sp³-hybridized carbons (Fsp3) is 0.559. The molecule has 7 aliphatic rings. The number of benzene rings is 3. The van der Waals surface area contributed by atoms with Gasteiger partial charge in [-0.05, 0) is 171 Å². The van der Waals surface area contributed by atoms with E-state index >= 15 is 0 Å². The number of hydrogen-bond acceptors (Lipinski definition) is 3. The van der Waals surface area contributed by atoms with Crippen LogP contribution in [-0.2, 0) is 37.9 Å². The topological polar surface area (TPSA) is 19.6 Å². The first kappa shape index (κ1) is 49.8. The molecule has 2 aliphatic heterocycles. The maximum absolute atomic E-state index is 7.86. The Hall–Kier alpha value is -4.44. The van der Waals surface area contributed by atoms with Gasteiger partial charge in [0.1, 0.15) is 5.76 Å².